The Morgan fingerprint density at radius 2 is 1.50 bits per heavy atom. The van der Waals surface area contributed by atoms with Gasteiger partial charge in [0.15, 0.2) is 0 Å². The molecule has 0 aliphatic heterocycles. The maximum Gasteiger partial charge on any atom is 1.00 e. The van der Waals surface area contributed by atoms with Crippen LogP contribution >= 0.6 is 7.92 Å². The second-order valence-corrected chi connectivity index (χ2v) is 7.65. The molecule has 0 aliphatic carbocycles. The van der Waals surface area contributed by atoms with Gasteiger partial charge in [-0.25, -0.2) is 0 Å². The van der Waals surface area contributed by atoms with E-state index in [1.807, 2.05) is 0 Å². The van der Waals surface area contributed by atoms with Gasteiger partial charge in [0, 0.05) is 12.1 Å². The first-order chi connectivity index (χ1) is 8.04. The van der Waals surface area contributed by atoms with Crippen molar-refractivity contribution < 1.29 is 27.3 Å². The van der Waals surface area contributed by atoms with Crippen LogP contribution in [0, 0.1) is 10.1 Å². The van der Waals surface area contributed by atoms with Crippen molar-refractivity contribution in [3.05, 3.63) is 34.4 Å². The fourth-order valence-electron chi connectivity index (χ4n) is 1.32. The summed E-state index contributed by atoms with van der Waals surface area (Å²) in [5, 5.41) is 10.1. The first kappa shape index (κ1) is 20.3. The molecule has 0 heterocycles. The van der Waals surface area contributed by atoms with E-state index in [0.717, 1.165) is 0 Å². The Balaban J connectivity index is 0. The zero-order valence-corrected chi connectivity index (χ0v) is 14.9. The third kappa shape index (κ3) is 9.01. The van der Waals surface area contributed by atoms with Gasteiger partial charge in [0.05, 0.1) is 23.4 Å². The molecule has 0 bridgehead atoms. The molecule has 18 heavy (non-hydrogen) atoms. The van der Waals surface area contributed by atoms with Gasteiger partial charge in [-0.3, -0.25) is 10.1 Å². The molecule has 1 aromatic rings. The van der Waals surface area contributed by atoms with Crippen molar-refractivity contribution in [3.63, 3.8) is 0 Å². The van der Waals surface area contributed by atoms with Crippen molar-refractivity contribution in [1.29, 1.82) is 0 Å². The fourth-order valence-corrected chi connectivity index (χ4v) is 2.95. The summed E-state index contributed by atoms with van der Waals surface area (Å²) in [7, 11) is 0.137. The van der Waals surface area contributed by atoms with Crippen molar-refractivity contribution in [2.24, 2.45) is 0 Å². The van der Waals surface area contributed by atoms with Gasteiger partial charge in [0.1, 0.15) is 0 Å². The molecule has 0 atom stereocenters. The number of hydrogen-bond acceptors (Lipinski definition) is 3. The van der Waals surface area contributed by atoms with E-state index >= 15 is 0 Å². The third-order valence-corrected chi connectivity index (χ3v) is 5.82. The van der Waals surface area contributed by atoms with Crippen molar-refractivity contribution in [3.8, 4) is 0 Å². The van der Waals surface area contributed by atoms with Gasteiger partial charge in [0.25, 0.3) is 5.69 Å². The monoisotopic (exact) mass is 470 g/mol. The quantitative estimate of drug-likeness (QED) is 0.221. The summed E-state index contributed by atoms with van der Waals surface area (Å²) < 4.78 is 0. The van der Waals surface area contributed by atoms with Crippen molar-refractivity contribution >= 4 is 26.2 Å². The Bertz CT molecular complexity index is 326. The number of benzene rings is 1. The van der Waals surface area contributed by atoms with Crippen LogP contribution in [0.25, 0.3) is 0 Å². The zero-order valence-electron chi connectivity index (χ0n) is 10.9. The van der Waals surface area contributed by atoms with Gasteiger partial charge < -0.3 is 12.6 Å². The second kappa shape index (κ2) is 12.1. The molecule has 0 fully saturated rings. The maximum atomic E-state index is 10.1. The van der Waals surface area contributed by atoms with E-state index in [9.17, 15) is 10.1 Å². The maximum absolute atomic E-state index is 10.1. The first-order valence-electron chi connectivity index (χ1n) is 5.80. The molecule has 1 aromatic carbocycles. The molecule has 0 aliphatic rings. The van der Waals surface area contributed by atoms with Crippen LogP contribution in [0.2, 0.25) is 0 Å². The van der Waals surface area contributed by atoms with Crippen molar-refractivity contribution in [2.45, 2.75) is 25.7 Å². The summed E-state index contributed by atoms with van der Waals surface area (Å²) in [4.78, 5) is 10.3. The van der Waals surface area contributed by atoms with Crippen LogP contribution in [0.15, 0.2) is 29.2 Å². The minimum Gasteiger partial charge on any atom is -0.780 e. The number of nitro groups is 1. The average molecular weight is 470 g/mol. The molecular formula is C12H20AuNO2PS+. The van der Waals surface area contributed by atoms with Crippen LogP contribution in [0.1, 0.15) is 20.8 Å². The zero-order chi connectivity index (χ0) is 13.3. The van der Waals surface area contributed by atoms with Crippen LogP contribution in [-0.4, -0.2) is 23.4 Å². The third-order valence-electron chi connectivity index (χ3n) is 2.55. The van der Waals surface area contributed by atoms with Crippen molar-refractivity contribution in [2.75, 3.05) is 18.5 Å². The average Bonchev–Trinajstić information content (AvgIpc) is 2.32. The summed E-state index contributed by atoms with van der Waals surface area (Å²) in [5.74, 6) is 0. The number of non-ortho nitro benzene ring substituents is 1. The van der Waals surface area contributed by atoms with Gasteiger partial charge in [-0.15, -0.1) is 0 Å². The summed E-state index contributed by atoms with van der Waals surface area (Å²) in [5.41, 5.74) is 0.0774. The molecule has 3 nitrogen and oxygen atoms in total. The smallest absolute Gasteiger partial charge is 0.780 e. The van der Waals surface area contributed by atoms with Crippen LogP contribution in [0.3, 0.4) is 0 Å². The molecule has 0 N–H and O–H groups in total. The largest absolute Gasteiger partial charge is 1.00 e. The standard InChI is InChI=1S/C6H5NO2S.C6H15P.Au/c8-7(9)5-1-3-6(10)4-2-5;1-4-7(5-2)6-3;/h1-4,10H;4-6H2,1-3H3;/q;;+1. The molecule has 0 aromatic heterocycles. The van der Waals surface area contributed by atoms with E-state index in [1.54, 1.807) is 0 Å². The molecule has 106 valence electrons. The van der Waals surface area contributed by atoms with Gasteiger partial charge in [0.2, 0.25) is 0 Å². The van der Waals surface area contributed by atoms with E-state index < -0.39 is 4.92 Å². The van der Waals surface area contributed by atoms with E-state index in [0.29, 0.717) is 4.90 Å². The summed E-state index contributed by atoms with van der Waals surface area (Å²) in [6.45, 7) is 6.92. The van der Waals surface area contributed by atoms with Gasteiger partial charge >= 0.3 is 22.4 Å². The van der Waals surface area contributed by atoms with Crippen LogP contribution in [0.5, 0.6) is 0 Å². The molecule has 0 amide bonds. The summed E-state index contributed by atoms with van der Waals surface area (Å²) >= 11 is 4.74. The summed E-state index contributed by atoms with van der Waals surface area (Å²) in [6.07, 6.45) is 4.37. The van der Waals surface area contributed by atoms with Crippen molar-refractivity contribution in [1.82, 2.24) is 0 Å². The molecule has 0 unspecified atom stereocenters. The van der Waals surface area contributed by atoms with Crippen LogP contribution < -0.4 is 0 Å². The SMILES string of the molecule is CC[PH+](CC)CC.O=[N+]([O-])c1ccc([S-])cc1.[Au+]. The molecule has 6 heteroatoms. The van der Waals surface area contributed by atoms with Gasteiger partial charge in [-0.05, 0) is 28.7 Å². The number of rotatable bonds is 4. The Hall–Kier alpha value is 0.0103. The topological polar surface area (TPSA) is 43.1 Å². The number of nitrogens with zero attached hydrogens (tertiary/aromatic N) is 1. The summed E-state index contributed by atoms with van der Waals surface area (Å²) in [6, 6.07) is 5.85. The number of nitro benzene ring substituents is 1. The van der Waals surface area contributed by atoms with Gasteiger partial charge in [-0.1, -0.05) is 12.1 Å². The fraction of sp³-hybridized carbons (Fsp3) is 0.500. The molecule has 0 saturated heterocycles. The molecule has 0 spiro atoms. The second-order valence-electron chi connectivity index (χ2n) is 3.56. The first-order valence-corrected chi connectivity index (χ1v) is 8.33. The Morgan fingerprint density at radius 3 is 1.72 bits per heavy atom. The Labute approximate surface area is 132 Å². The predicted octanol–water partition coefficient (Wildman–Crippen LogP) is 3.76. The van der Waals surface area contributed by atoms with Crippen LogP contribution in [-0.2, 0) is 35.0 Å². The Morgan fingerprint density at radius 1 is 1.11 bits per heavy atom. The van der Waals surface area contributed by atoms with Gasteiger partial charge in [-0.2, -0.15) is 4.90 Å². The molecule has 0 saturated carbocycles. The molecule has 0 radical (unpaired) electrons. The normalized spacial score (nSPS) is 9.11. The van der Waals surface area contributed by atoms with E-state index in [1.165, 1.54) is 42.8 Å². The minimum atomic E-state index is -0.450. The van der Waals surface area contributed by atoms with E-state index in [4.69, 9.17) is 12.6 Å². The van der Waals surface area contributed by atoms with E-state index in [-0.39, 0.29) is 36.0 Å². The number of hydrogen-bond donors (Lipinski definition) is 0. The molecule has 1 rings (SSSR count). The minimum absolute atomic E-state index is 0. The predicted molar refractivity (Wildman–Crippen MR) is 78.7 cm³/mol. The van der Waals surface area contributed by atoms with Crippen LogP contribution in [0.4, 0.5) is 5.69 Å². The Kier molecular flexibility index (Phi) is 13.6. The molecular weight excluding hydrogens is 450 g/mol. The van der Waals surface area contributed by atoms with E-state index in [2.05, 4.69) is 20.8 Å².